The molecular weight excluding hydrogens is 230 g/mol. The molecule has 0 aromatic rings. The van der Waals surface area contributed by atoms with Crippen molar-refractivity contribution < 1.29 is 9.59 Å². The lowest BCUT2D eigenvalue weighted by Crippen LogP contribution is -2.54. The molecule has 0 spiro atoms. The van der Waals surface area contributed by atoms with Crippen LogP contribution in [0, 0.1) is 5.41 Å². The van der Waals surface area contributed by atoms with E-state index in [9.17, 15) is 9.59 Å². The Morgan fingerprint density at radius 3 is 2.06 bits per heavy atom. The van der Waals surface area contributed by atoms with Gasteiger partial charge in [-0.05, 0) is 34.1 Å². The SMILES string of the molecule is CCCC(C)(N)C(=O)NCC(C)(C)C(=O)NCC. The van der Waals surface area contributed by atoms with Gasteiger partial charge in [0.2, 0.25) is 11.8 Å². The van der Waals surface area contributed by atoms with Crippen LogP contribution >= 0.6 is 0 Å². The van der Waals surface area contributed by atoms with Crippen molar-refractivity contribution in [3.05, 3.63) is 0 Å². The van der Waals surface area contributed by atoms with Crippen LogP contribution in [0.1, 0.15) is 47.5 Å². The van der Waals surface area contributed by atoms with Crippen LogP contribution in [0.15, 0.2) is 0 Å². The summed E-state index contributed by atoms with van der Waals surface area (Å²) in [4.78, 5) is 23.7. The lowest BCUT2D eigenvalue weighted by molar-refractivity contribution is -0.130. The zero-order valence-corrected chi connectivity index (χ0v) is 12.2. The second-order valence-corrected chi connectivity index (χ2v) is 5.59. The Morgan fingerprint density at radius 1 is 1.06 bits per heavy atom. The van der Waals surface area contributed by atoms with Gasteiger partial charge in [0.1, 0.15) is 0 Å². The molecule has 5 nitrogen and oxygen atoms in total. The highest BCUT2D eigenvalue weighted by Crippen LogP contribution is 2.15. The van der Waals surface area contributed by atoms with Crippen molar-refractivity contribution in [3.8, 4) is 0 Å². The third-order valence-corrected chi connectivity index (χ3v) is 2.93. The Labute approximate surface area is 110 Å². The summed E-state index contributed by atoms with van der Waals surface area (Å²) in [6.07, 6.45) is 1.47. The molecule has 1 atom stereocenters. The van der Waals surface area contributed by atoms with E-state index >= 15 is 0 Å². The minimum absolute atomic E-state index is 0.0699. The molecule has 2 amide bonds. The van der Waals surface area contributed by atoms with Crippen LogP contribution in [0.4, 0.5) is 0 Å². The molecule has 0 bridgehead atoms. The molecule has 0 rings (SSSR count). The van der Waals surface area contributed by atoms with Gasteiger partial charge in [-0.1, -0.05) is 13.3 Å². The van der Waals surface area contributed by atoms with Crippen molar-refractivity contribution in [1.29, 1.82) is 0 Å². The molecule has 0 fully saturated rings. The summed E-state index contributed by atoms with van der Waals surface area (Å²) in [6.45, 7) is 10.0. The van der Waals surface area contributed by atoms with Crippen molar-refractivity contribution in [2.75, 3.05) is 13.1 Å². The first-order chi connectivity index (χ1) is 8.17. The van der Waals surface area contributed by atoms with E-state index in [-0.39, 0.29) is 18.4 Å². The number of hydrogen-bond acceptors (Lipinski definition) is 3. The van der Waals surface area contributed by atoms with E-state index in [0.29, 0.717) is 13.0 Å². The smallest absolute Gasteiger partial charge is 0.239 e. The molecule has 0 saturated heterocycles. The zero-order chi connectivity index (χ0) is 14.4. The quantitative estimate of drug-likeness (QED) is 0.630. The normalized spacial score (nSPS) is 14.8. The largest absolute Gasteiger partial charge is 0.356 e. The monoisotopic (exact) mass is 257 g/mol. The second-order valence-electron chi connectivity index (χ2n) is 5.59. The molecule has 4 N–H and O–H groups in total. The van der Waals surface area contributed by atoms with Gasteiger partial charge in [-0.15, -0.1) is 0 Å². The summed E-state index contributed by atoms with van der Waals surface area (Å²) in [5, 5.41) is 5.51. The maximum atomic E-state index is 11.9. The van der Waals surface area contributed by atoms with Gasteiger partial charge in [-0.25, -0.2) is 0 Å². The molecule has 0 heterocycles. The predicted octanol–water partition coefficient (Wildman–Crippen LogP) is 0.782. The predicted molar refractivity (Wildman–Crippen MR) is 73.0 cm³/mol. The van der Waals surface area contributed by atoms with Crippen molar-refractivity contribution in [3.63, 3.8) is 0 Å². The first-order valence-electron chi connectivity index (χ1n) is 6.53. The van der Waals surface area contributed by atoms with Crippen molar-refractivity contribution in [2.24, 2.45) is 11.1 Å². The topological polar surface area (TPSA) is 84.2 Å². The molecule has 0 radical (unpaired) electrons. The standard InChI is InChI=1S/C13H27N3O2/c1-6-8-13(5,14)11(18)16-9-12(3,4)10(17)15-7-2/h6-9,14H2,1-5H3,(H,15,17)(H,16,18). The van der Waals surface area contributed by atoms with Gasteiger partial charge in [0, 0.05) is 13.1 Å². The van der Waals surface area contributed by atoms with E-state index in [4.69, 9.17) is 5.73 Å². The maximum absolute atomic E-state index is 11.9. The molecule has 1 unspecified atom stereocenters. The fraction of sp³-hybridized carbons (Fsp3) is 0.846. The number of carbonyl (C=O) groups is 2. The third-order valence-electron chi connectivity index (χ3n) is 2.93. The molecule has 0 aromatic carbocycles. The number of nitrogens with one attached hydrogen (secondary N) is 2. The first-order valence-corrected chi connectivity index (χ1v) is 6.53. The van der Waals surface area contributed by atoms with Gasteiger partial charge in [0.25, 0.3) is 0 Å². The van der Waals surface area contributed by atoms with E-state index < -0.39 is 11.0 Å². The van der Waals surface area contributed by atoms with Gasteiger partial charge in [0.05, 0.1) is 11.0 Å². The Bertz CT molecular complexity index is 299. The molecule has 0 aliphatic rings. The molecule has 5 heteroatoms. The third kappa shape index (κ3) is 5.04. The van der Waals surface area contributed by atoms with Crippen LogP contribution in [-0.4, -0.2) is 30.4 Å². The number of rotatable bonds is 7. The van der Waals surface area contributed by atoms with Crippen LogP contribution in [0.3, 0.4) is 0 Å². The van der Waals surface area contributed by atoms with Crippen molar-refractivity contribution in [1.82, 2.24) is 10.6 Å². The first kappa shape index (κ1) is 16.9. The van der Waals surface area contributed by atoms with Gasteiger partial charge < -0.3 is 16.4 Å². The van der Waals surface area contributed by atoms with Gasteiger partial charge in [0.15, 0.2) is 0 Å². The minimum Gasteiger partial charge on any atom is -0.356 e. The number of hydrogen-bond donors (Lipinski definition) is 3. The summed E-state index contributed by atoms with van der Waals surface area (Å²) in [6, 6.07) is 0. The van der Waals surface area contributed by atoms with Crippen molar-refractivity contribution >= 4 is 11.8 Å². The molecule has 106 valence electrons. The van der Waals surface area contributed by atoms with E-state index in [2.05, 4.69) is 10.6 Å². The Hall–Kier alpha value is -1.10. The summed E-state index contributed by atoms with van der Waals surface area (Å²) in [5.41, 5.74) is 4.42. The molecule has 18 heavy (non-hydrogen) atoms. The van der Waals surface area contributed by atoms with Crippen molar-refractivity contribution in [2.45, 2.75) is 53.0 Å². The Balaban J connectivity index is 4.39. The van der Waals surface area contributed by atoms with E-state index in [1.165, 1.54) is 0 Å². The maximum Gasteiger partial charge on any atom is 0.239 e. The Kier molecular flexibility index (Phi) is 6.32. The fourth-order valence-corrected chi connectivity index (χ4v) is 1.62. The number of carbonyl (C=O) groups excluding carboxylic acids is 2. The highest BCUT2D eigenvalue weighted by atomic mass is 16.2. The van der Waals surface area contributed by atoms with Crippen LogP contribution in [0.2, 0.25) is 0 Å². The molecule has 0 saturated carbocycles. The lowest BCUT2D eigenvalue weighted by atomic mass is 9.91. The minimum atomic E-state index is -0.869. The molecule has 0 aliphatic heterocycles. The van der Waals surface area contributed by atoms with Crippen LogP contribution in [0.5, 0.6) is 0 Å². The summed E-state index contributed by atoms with van der Waals surface area (Å²) < 4.78 is 0. The fourth-order valence-electron chi connectivity index (χ4n) is 1.62. The summed E-state index contributed by atoms with van der Waals surface area (Å²) >= 11 is 0. The molecule has 0 aliphatic carbocycles. The highest BCUT2D eigenvalue weighted by Gasteiger charge is 2.31. The number of nitrogens with two attached hydrogens (primary N) is 1. The van der Waals surface area contributed by atoms with Gasteiger partial charge in [-0.3, -0.25) is 9.59 Å². The van der Waals surface area contributed by atoms with Crippen LogP contribution in [-0.2, 0) is 9.59 Å². The van der Waals surface area contributed by atoms with E-state index in [0.717, 1.165) is 6.42 Å². The summed E-state index contributed by atoms with van der Waals surface area (Å²) in [7, 11) is 0. The highest BCUT2D eigenvalue weighted by molar-refractivity contribution is 5.87. The zero-order valence-electron chi connectivity index (χ0n) is 12.2. The van der Waals surface area contributed by atoms with Gasteiger partial charge >= 0.3 is 0 Å². The molecular formula is C13H27N3O2. The van der Waals surface area contributed by atoms with E-state index in [1.807, 2.05) is 13.8 Å². The second kappa shape index (κ2) is 6.73. The average molecular weight is 257 g/mol. The average Bonchev–Trinajstić information content (AvgIpc) is 2.26. The van der Waals surface area contributed by atoms with Crippen LogP contribution < -0.4 is 16.4 Å². The molecule has 0 aromatic heterocycles. The lowest BCUT2D eigenvalue weighted by Gasteiger charge is -2.28. The Morgan fingerprint density at radius 2 is 1.61 bits per heavy atom. The van der Waals surface area contributed by atoms with Crippen LogP contribution in [0.25, 0.3) is 0 Å². The summed E-state index contributed by atoms with van der Waals surface area (Å²) in [5.74, 6) is -0.277. The van der Waals surface area contributed by atoms with Gasteiger partial charge in [-0.2, -0.15) is 0 Å². The van der Waals surface area contributed by atoms with E-state index in [1.54, 1.807) is 20.8 Å². The number of amides is 2.